The molecule has 2 aliphatic rings. The van der Waals surface area contributed by atoms with Crippen molar-refractivity contribution in [1.82, 2.24) is 15.1 Å². The Labute approximate surface area is 210 Å². The van der Waals surface area contributed by atoms with Gasteiger partial charge in [0.05, 0.1) is 0 Å². The number of urea groups is 1. The van der Waals surface area contributed by atoms with E-state index in [2.05, 4.69) is 27.4 Å². The van der Waals surface area contributed by atoms with Gasteiger partial charge in [0, 0.05) is 37.6 Å². The standard InChI is InChI=1S/C28H31N5O3/c1-3-31-14-16-32(17-15-31)24-12-10-23(11-13-24)29-25(34)19-33-26(35)28(2,30-27(33)36)22-9-8-20-6-4-5-7-21(20)18-22/h4-13,18H,3,14-17,19H2,1-2H3,(H,29,34)(H,30,36). The van der Waals surface area contributed by atoms with E-state index in [0.29, 0.717) is 11.3 Å². The van der Waals surface area contributed by atoms with Crippen molar-refractivity contribution in [3.05, 3.63) is 72.3 Å². The van der Waals surface area contributed by atoms with E-state index in [0.717, 1.165) is 54.1 Å². The number of likely N-dealkylation sites (N-methyl/N-ethyl adjacent to an activating group) is 1. The van der Waals surface area contributed by atoms with E-state index in [-0.39, 0.29) is 6.54 Å². The van der Waals surface area contributed by atoms with Crippen molar-refractivity contribution in [3.63, 3.8) is 0 Å². The number of amides is 4. The number of hydrogen-bond donors (Lipinski definition) is 2. The molecule has 0 saturated carbocycles. The first-order valence-electron chi connectivity index (χ1n) is 12.4. The zero-order chi connectivity index (χ0) is 25.3. The summed E-state index contributed by atoms with van der Waals surface area (Å²) in [5.74, 6) is -0.870. The highest BCUT2D eigenvalue weighted by atomic mass is 16.2. The first-order chi connectivity index (χ1) is 17.4. The summed E-state index contributed by atoms with van der Waals surface area (Å²) >= 11 is 0. The van der Waals surface area contributed by atoms with E-state index in [9.17, 15) is 14.4 Å². The molecule has 5 rings (SSSR count). The van der Waals surface area contributed by atoms with E-state index >= 15 is 0 Å². The second kappa shape index (κ2) is 9.62. The van der Waals surface area contributed by atoms with Crippen LogP contribution in [0.3, 0.4) is 0 Å². The lowest BCUT2D eigenvalue weighted by Crippen LogP contribution is -2.46. The average Bonchev–Trinajstić information content (AvgIpc) is 3.12. The van der Waals surface area contributed by atoms with Crippen LogP contribution in [-0.2, 0) is 15.1 Å². The van der Waals surface area contributed by atoms with Gasteiger partial charge < -0.3 is 20.4 Å². The van der Waals surface area contributed by atoms with Gasteiger partial charge in [-0.25, -0.2) is 4.79 Å². The number of hydrogen-bond acceptors (Lipinski definition) is 5. The minimum Gasteiger partial charge on any atom is -0.369 e. The van der Waals surface area contributed by atoms with Crippen molar-refractivity contribution < 1.29 is 14.4 Å². The van der Waals surface area contributed by atoms with Crippen molar-refractivity contribution in [2.75, 3.05) is 49.5 Å². The van der Waals surface area contributed by atoms with E-state index in [4.69, 9.17) is 0 Å². The van der Waals surface area contributed by atoms with Crippen LogP contribution in [0, 0.1) is 0 Å². The summed E-state index contributed by atoms with van der Waals surface area (Å²) in [5.41, 5.74) is 1.19. The van der Waals surface area contributed by atoms with Gasteiger partial charge in [0.1, 0.15) is 12.1 Å². The maximum absolute atomic E-state index is 13.3. The van der Waals surface area contributed by atoms with Crippen molar-refractivity contribution in [2.45, 2.75) is 19.4 Å². The Morgan fingerprint density at radius 3 is 2.33 bits per heavy atom. The lowest BCUT2D eigenvalue weighted by molar-refractivity contribution is -0.133. The van der Waals surface area contributed by atoms with Crippen molar-refractivity contribution >= 4 is 40.0 Å². The lowest BCUT2D eigenvalue weighted by atomic mass is 9.90. The molecular formula is C28H31N5O3. The Morgan fingerprint density at radius 1 is 0.944 bits per heavy atom. The number of benzene rings is 3. The molecule has 0 bridgehead atoms. The number of nitrogens with zero attached hydrogens (tertiary/aromatic N) is 3. The van der Waals surface area contributed by atoms with Gasteiger partial charge in [0.2, 0.25) is 5.91 Å². The van der Waals surface area contributed by atoms with Gasteiger partial charge in [-0.3, -0.25) is 14.5 Å². The minimum absolute atomic E-state index is 0.353. The third-order valence-electron chi connectivity index (χ3n) is 7.24. The Morgan fingerprint density at radius 2 is 1.64 bits per heavy atom. The Kier molecular flexibility index (Phi) is 6.36. The van der Waals surface area contributed by atoms with Gasteiger partial charge in [0.15, 0.2) is 0 Å². The Balaban J connectivity index is 1.23. The summed E-state index contributed by atoms with van der Waals surface area (Å²) in [6.45, 7) is 8.60. The van der Waals surface area contributed by atoms with Crippen molar-refractivity contribution in [1.29, 1.82) is 0 Å². The van der Waals surface area contributed by atoms with Gasteiger partial charge in [0.25, 0.3) is 5.91 Å². The third kappa shape index (κ3) is 4.52. The minimum atomic E-state index is -1.23. The van der Waals surface area contributed by atoms with Gasteiger partial charge in [-0.1, -0.05) is 43.3 Å². The van der Waals surface area contributed by atoms with Crippen LogP contribution in [-0.4, -0.2) is 66.9 Å². The first-order valence-corrected chi connectivity index (χ1v) is 12.4. The number of piperazine rings is 1. The molecule has 2 N–H and O–H groups in total. The molecule has 2 heterocycles. The topological polar surface area (TPSA) is 85.0 Å². The molecule has 0 aliphatic carbocycles. The number of nitrogens with one attached hydrogen (secondary N) is 2. The quantitative estimate of drug-likeness (QED) is 0.523. The number of carbonyl (C=O) groups excluding carboxylic acids is 3. The second-order valence-electron chi connectivity index (χ2n) is 9.52. The van der Waals surface area contributed by atoms with Crippen LogP contribution in [0.25, 0.3) is 10.8 Å². The monoisotopic (exact) mass is 485 g/mol. The van der Waals surface area contributed by atoms with Crippen LogP contribution >= 0.6 is 0 Å². The zero-order valence-electron chi connectivity index (χ0n) is 20.7. The molecule has 0 aromatic heterocycles. The van der Waals surface area contributed by atoms with Crippen LogP contribution < -0.4 is 15.5 Å². The highest BCUT2D eigenvalue weighted by molar-refractivity contribution is 6.10. The van der Waals surface area contributed by atoms with Crippen LogP contribution in [0.5, 0.6) is 0 Å². The highest BCUT2D eigenvalue weighted by Gasteiger charge is 2.49. The fourth-order valence-electron chi connectivity index (χ4n) is 4.96. The molecule has 0 spiro atoms. The van der Waals surface area contributed by atoms with Crippen LogP contribution in [0.4, 0.5) is 16.2 Å². The maximum atomic E-state index is 13.3. The molecule has 8 heteroatoms. The van der Waals surface area contributed by atoms with Crippen LogP contribution in [0.2, 0.25) is 0 Å². The summed E-state index contributed by atoms with van der Waals surface area (Å²) < 4.78 is 0. The van der Waals surface area contributed by atoms with E-state index in [1.807, 2.05) is 66.7 Å². The lowest BCUT2D eigenvalue weighted by Gasteiger charge is -2.35. The van der Waals surface area contributed by atoms with Gasteiger partial charge in [-0.15, -0.1) is 0 Å². The summed E-state index contributed by atoms with van der Waals surface area (Å²) in [7, 11) is 0. The second-order valence-corrected chi connectivity index (χ2v) is 9.52. The molecular weight excluding hydrogens is 454 g/mol. The smallest absolute Gasteiger partial charge is 0.325 e. The van der Waals surface area contributed by atoms with E-state index in [1.54, 1.807) is 6.92 Å². The molecule has 3 aromatic carbocycles. The molecule has 0 radical (unpaired) electrons. The third-order valence-corrected chi connectivity index (χ3v) is 7.24. The molecule has 4 amide bonds. The number of anilines is 2. The normalized spacial score (nSPS) is 20.6. The largest absolute Gasteiger partial charge is 0.369 e. The van der Waals surface area contributed by atoms with E-state index in [1.165, 1.54) is 0 Å². The maximum Gasteiger partial charge on any atom is 0.325 e. The Hall–Kier alpha value is -3.91. The average molecular weight is 486 g/mol. The number of fused-ring (bicyclic) bond motifs is 1. The molecule has 1 unspecified atom stereocenters. The summed E-state index contributed by atoms with van der Waals surface area (Å²) in [4.78, 5) is 44.4. The molecule has 8 nitrogen and oxygen atoms in total. The molecule has 2 saturated heterocycles. The SMILES string of the molecule is CCN1CCN(c2ccc(NC(=O)CN3C(=O)NC(C)(c4ccc5ccccc5c4)C3=O)cc2)CC1. The van der Waals surface area contributed by atoms with Crippen LogP contribution in [0.1, 0.15) is 19.4 Å². The molecule has 36 heavy (non-hydrogen) atoms. The molecule has 2 aliphatic heterocycles. The molecule has 3 aromatic rings. The predicted octanol–water partition coefficient (Wildman–Crippen LogP) is 3.39. The fourth-order valence-corrected chi connectivity index (χ4v) is 4.96. The summed E-state index contributed by atoms with van der Waals surface area (Å²) in [6, 6.07) is 20.6. The van der Waals surface area contributed by atoms with Crippen molar-refractivity contribution in [2.24, 2.45) is 0 Å². The number of imide groups is 1. The number of rotatable bonds is 6. The summed E-state index contributed by atoms with van der Waals surface area (Å²) in [5, 5.41) is 7.61. The van der Waals surface area contributed by atoms with Gasteiger partial charge >= 0.3 is 6.03 Å². The predicted molar refractivity (Wildman–Crippen MR) is 141 cm³/mol. The van der Waals surface area contributed by atoms with Gasteiger partial charge in [-0.2, -0.15) is 0 Å². The van der Waals surface area contributed by atoms with Crippen molar-refractivity contribution in [3.8, 4) is 0 Å². The molecule has 2 fully saturated rings. The van der Waals surface area contributed by atoms with Crippen LogP contribution in [0.15, 0.2) is 66.7 Å². The molecule has 186 valence electrons. The highest BCUT2D eigenvalue weighted by Crippen LogP contribution is 2.31. The van der Waals surface area contributed by atoms with E-state index < -0.39 is 23.4 Å². The fraction of sp³-hybridized carbons (Fsp3) is 0.321. The first kappa shape index (κ1) is 23.8. The zero-order valence-corrected chi connectivity index (χ0v) is 20.7. The number of carbonyl (C=O) groups is 3. The van der Waals surface area contributed by atoms with Gasteiger partial charge in [-0.05, 0) is 60.1 Å². The Bertz CT molecular complexity index is 1300. The summed E-state index contributed by atoms with van der Waals surface area (Å²) in [6.07, 6.45) is 0. The molecule has 1 atom stereocenters.